The number of likely N-dealkylation sites (N-methyl/N-ethyl adjacent to an activating group) is 1. The van der Waals surface area contributed by atoms with Crippen molar-refractivity contribution in [2.45, 2.75) is 201 Å². The summed E-state index contributed by atoms with van der Waals surface area (Å²) in [6.45, 7) is 11.9. The zero-order chi connectivity index (χ0) is 33.2. The summed E-state index contributed by atoms with van der Waals surface area (Å²) in [5.41, 5.74) is 0. The highest BCUT2D eigenvalue weighted by Crippen LogP contribution is 2.14. The van der Waals surface area contributed by atoms with Crippen molar-refractivity contribution in [3.63, 3.8) is 0 Å². The van der Waals surface area contributed by atoms with Gasteiger partial charge in [-0.05, 0) is 71.1 Å². The first kappa shape index (κ1) is 42.4. The zero-order valence-electron chi connectivity index (χ0n) is 31.4. The molecule has 0 saturated heterocycles. The Morgan fingerprint density at radius 1 is 0.609 bits per heavy atom. The molecule has 0 fully saturated rings. The van der Waals surface area contributed by atoms with Crippen molar-refractivity contribution in [2.75, 3.05) is 32.7 Å². The second-order valence-electron chi connectivity index (χ2n) is 14.0. The summed E-state index contributed by atoms with van der Waals surface area (Å²) in [4.78, 5) is 15.0. The fourth-order valence-corrected chi connectivity index (χ4v) is 6.73. The molecule has 0 aliphatic carbocycles. The van der Waals surface area contributed by atoms with Crippen LogP contribution in [0.2, 0.25) is 0 Å². The van der Waals surface area contributed by atoms with Crippen molar-refractivity contribution < 1.29 is 9.37 Å². The van der Waals surface area contributed by atoms with E-state index in [1.807, 2.05) is 0 Å². The van der Waals surface area contributed by atoms with Gasteiger partial charge in [-0.2, -0.15) is 0 Å². The van der Waals surface area contributed by atoms with Gasteiger partial charge >= 0.3 is 0 Å². The maximum Gasteiger partial charge on any atom is 0.247 e. The molecule has 0 atom stereocenters. The lowest BCUT2D eigenvalue weighted by molar-refractivity contribution is -0.517. The van der Waals surface area contributed by atoms with Gasteiger partial charge in [0.05, 0.1) is 13.1 Å². The molecule has 1 N–H and O–H groups in total. The van der Waals surface area contributed by atoms with Gasteiger partial charge in [0, 0.05) is 12.8 Å². The Kier molecular flexibility index (Phi) is 30.7. The number of hydrogen-bond donors (Lipinski definition) is 1. The molecule has 1 heterocycles. The Balaban J connectivity index is 2.03. The number of nitrogens with one attached hydrogen (secondary N) is 1. The maximum atomic E-state index is 12.4. The first-order valence-electron chi connectivity index (χ1n) is 20.6. The molecule has 0 saturated carbocycles. The van der Waals surface area contributed by atoms with Gasteiger partial charge in [0.2, 0.25) is 11.7 Å². The number of hydrogen-bond acceptors (Lipinski definition) is 2. The van der Waals surface area contributed by atoms with Crippen LogP contribution in [0.4, 0.5) is 0 Å². The molecular formula is C42H80N3O+. The van der Waals surface area contributed by atoms with Crippen molar-refractivity contribution >= 4 is 11.7 Å². The van der Waals surface area contributed by atoms with Gasteiger partial charge in [-0.25, -0.2) is 0 Å². The van der Waals surface area contributed by atoms with Crippen LogP contribution in [0.3, 0.4) is 0 Å². The van der Waals surface area contributed by atoms with Crippen LogP contribution in [0, 0.1) is 0 Å². The molecule has 0 radical (unpaired) electrons. The summed E-state index contributed by atoms with van der Waals surface area (Å²) < 4.78 is 2.54. The maximum absolute atomic E-state index is 12.4. The van der Waals surface area contributed by atoms with E-state index in [1.165, 1.54) is 173 Å². The second-order valence-corrected chi connectivity index (χ2v) is 14.0. The van der Waals surface area contributed by atoms with Crippen LogP contribution in [0.15, 0.2) is 24.3 Å². The smallest absolute Gasteiger partial charge is 0.247 e. The van der Waals surface area contributed by atoms with Crippen LogP contribution in [0.1, 0.15) is 201 Å². The van der Waals surface area contributed by atoms with Crippen LogP contribution < -0.4 is 5.32 Å². The zero-order valence-corrected chi connectivity index (χ0v) is 31.4. The van der Waals surface area contributed by atoms with Crippen molar-refractivity contribution in [1.29, 1.82) is 0 Å². The highest BCUT2D eigenvalue weighted by atomic mass is 16.1. The molecule has 0 aromatic heterocycles. The van der Waals surface area contributed by atoms with Gasteiger partial charge in [0.15, 0.2) is 0 Å². The topological polar surface area (TPSA) is 35.4 Å². The molecule has 1 aliphatic rings. The number of allylic oxidation sites excluding steroid dienone is 4. The van der Waals surface area contributed by atoms with Crippen molar-refractivity contribution in [1.82, 2.24) is 10.2 Å². The fraction of sp³-hybridized carbons (Fsp3) is 0.857. The Labute approximate surface area is 288 Å². The molecule has 1 rings (SSSR count). The van der Waals surface area contributed by atoms with E-state index in [0.29, 0.717) is 6.42 Å². The third-order valence-corrected chi connectivity index (χ3v) is 9.78. The molecule has 0 aromatic rings. The highest BCUT2D eigenvalue weighted by molar-refractivity contribution is 5.78. The average Bonchev–Trinajstić information content (AvgIpc) is 3.46. The lowest BCUT2D eigenvalue weighted by atomic mass is 10.1. The number of carbonyl (C=O) groups is 1. The number of unbranched alkanes of at least 4 members (excludes halogenated alkanes) is 22. The molecule has 0 unspecified atom stereocenters. The number of amidine groups is 1. The first-order valence-corrected chi connectivity index (χ1v) is 20.6. The minimum absolute atomic E-state index is 0.239. The van der Waals surface area contributed by atoms with Crippen LogP contribution in [-0.4, -0.2) is 53.9 Å². The van der Waals surface area contributed by atoms with E-state index in [9.17, 15) is 4.79 Å². The third kappa shape index (κ3) is 25.5. The van der Waals surface area contributed by atoms with Gasteiger partial charge in [0.1, 0.15) is 19.6 Å². The van der Waals surface area contributed by atoms with Gasteiger partial charge in [-0.1, -0.05) is 141 Å². The highest BCUT2D eigenvalue weighted by Gasteiger charge is 2.28. The predicted octanol–water partition coefficient (Wildman–Crippen LogP) is 11.9. The summed E-state index contributed by atoms with van der Waals surface area (Å²) in [6, 6.07) is 0. The first-order chi connectivity index (χ1) is 22.7. The average molecular weight is 643 g/mol. The summed E-state index contributed by atoms with van der Waals surface area (Å²) in [5, 5.41) is 3.21. The molecule has 0 bridgehead atoms. The van der Waals surface area contributed by atoms with E-state index in [1.54, 1.807) is 0 Å². The molecule has 0 spiro atoms. The normalized spacial score (nSPS) is 13.7. The molecular weight excluding hydrogens is 562 g/mol. The number of rotatable bonds is 34. The molecule has 268 valence electrons. The van der Waals surface area contributed by atoms with Crippen LogP contribution in [0.25, 0.3) is 0 Å². The molecule has 46 heavy (non-hydrogen) atoms. The molecule has 1 amide bonds. The number of amides is 1. The Morgan fingerprint density at radius 2 is 1.04 bits per heavy atom. The Bertz CT molecular complexity index is 771. The lowest BCUT2D eigenvalue weighted by Gasteiger charge is -2.12. The monoisotopic (exact) mass is 643 g/mol. The molecule has 4 nitrogen and oxygen atoms in total. The molecule has 4 heteroatoms. The SMILES string of the molecule is CCCCCCCCC=CCCCCCCCC1=[N+](CCNC(=O)CCCCCCC/C=C\CCCCCCCC)CCN1CC. The van der Waals surface area contributed by atoms with E-state index in [2.05, 4.69) is 59.9 Å². The Hall–Kier alpha value is -1.58. The summed E-state index contributed by atoms with van der Waals surface area (Å²) >= 11 is 0. The molecule has 1 aliphatic heterocycles. The Morgan fingerprint density at radius 3 is 1.52 bits per heavy atom. The minimum Gasteiger partial charge on any atom is -0.352 e. The summed E-state index contributed by atoms with van der Waals surface area (Å²) in [5.74, 6) is 1.76. The van der Waals surface area contributed by atoms with E-state index >= 15 is 0 Å². The fourth-order valence-electron chi connectivity index (χ4n) is 6.73. The van der Waals surface area contributed by atoms with Gasteiger partial charge in [0.25, 0.3) is 0 Å². The standard InChI is InChI=1S/C42H79N3O/c1-4-7-9-11-13-15-17-19-21-23-25-27-29-31-33-35-41(46)43-37-38-45-40-39-44(6-3)42(45)36-34-32-30-28-26-24-22-20-18-16-14-12-10-8-5-2/h19-22H,4-18,23-40H2,1-3H3/p+1/b21-19-,22-20?. The van der Waals surface area contributed by atoms with E-state index < -0.39 is 0 Å². The summed E-state index contributed by atoms with van der Waals surface area (Å²) in [7, 11) is 0. The number of nitrogens with zero attached hydrogens (tertiary/aromatic N) is 2. The predicted molar refractivity (Wildman–Crippen MR) is 204 cm³/mol. The van der Waals surface area contributed by atoms with Crippen molar-refractivity contribution in [2.24, 2.45) is 0 Å². The lowest BCUT2D eigenvalue weighted by Crippen LogP contribution is -2.33. The van der Waals surface area contributed by atoms with Crippen molar-refractivity contribution in [3.8, 4) is 0 Å². The van der Waals surface area contributed by atoms with Crippen LogP contribution in [-0.2, 0) is 4.79 Å². The quantitative estimate of drug-likeness (QED) is 0.0430. The molecule has 0 aromatic carbocycles. The third-order valence-electron chi connectivity index (χ3n) is 9.78. The minimum atomic E-state index is 0.239. The van der Waals surface area contributed by atoms with Gasteiger partial charge in [-0.3, -0.25) is 14.3 Å². The van der Waals surface area contributed by atoms with Crippen LogP contribution >= 0.6 is 0 Å². The van der Waals surface area contributed by atoms with Gasteiger partial charge in [-0.15, -0.1) is 0 Å². The summed E-state index contributed by atoms with van der Waals surface area (Å²) in [6.07, 6.45) is 45.9. The van der Waals surface area contributed by atoms with E-state index in [0.717, 1.165) is 39.1 Å². The van der Waals surface area contributed by atoms with E-state index in [-0.39, 0.29) is 5.91 Å². The largest absolute Gasteiger partial charge is 0.352 e. The van der Waals surface area contributed by atoms with Crippen LogP contribution in [0.5, 0.6) is 0 Å². The van der Waals surface area contributed by atoms with E-state index in [4.69, 9.17) is 0 Å². The number of carbonyl (C=O) groups excluding carboxylic acids is 1. The second kappa shape index (κ2) is 33.3. The van der Waals surface area contributed by atoms with Crippen molar-refractivity contribution in [3.05, 3.63) is 24.3 Å². The van der Waals surface area contributed by atoms with Gasteiger partial charge < -0.3 is 5.32 Å².